The minimum absolute atomic E-state index is 0.0171. The van der Waals surface area contributed by atoms with Gasteiger partial charge in [-0.05, 0) is 35.9 Å². The topological polar surface area (TPSA) is 68.0 Å². The minimum Gasteiger partial charge on any atom is -0.464 e. The van der Waals surface area contributed by atoms with E-state index in [1.807, 2.05) is 6.07 Å². The molecule has 0 fully saturated rings. The van der Waals surface area contributed by atoms with Gasteiger partial charge in [0.2, 0.25) is 6.23 Å². The molecule has 0 N–H and O–H groups in total. The molecule has 2 aliphatic heterocycles. The van der Waals surface area contributed by atoms with Gasteiger partial charge in [0, 0.05) is 34.7 Å². The summed E-state index contributed by atoms with van der Waals surface area (Å²) in [5.41, 5.74) is 3.10. The van der Waals surface area contributed by atoms with Crippen molar-refractivity contribution in [2.45, 2.75) is 18.7 Å². The van der Waals surface area contributed by atoms with E-state index >= 15 is 0 Å². The Labute approximate surface area is 176 Å². The summed E-state index contributed by atoms with van der Waals surface area (Å²) in [6.07, 6.45) is -0.0603. The van der Waals surface area contributed by atoms with Gasteiger partial charge < -0.3 is 4.74 Å². The molecule has 0 unspecified atom stereocenters. The second-order valence-corrected chi connectivity index (χ2v) is 7.59. The van der Waals surface area contributed by atoms with Crippen molar-refractivity contribution in [3.8, 4) is 5.75 Å². The van der Waals surface area contributed by atoms with Crippen LogP contribution in [0.3, 0.4) is 0 Å². The van der Waals surface area contributed by atoms with Gasteiger partial charge in [-0.3, -0.25) is 10.1 Å². The Morgan fingerprint density at radius 3 is 2.70 bits per heavy atom. The van der Waals surface area contributed by atoms with Crippen molar-refractivity contribution in [3.63, 3.8) is 0 Å². The number of hydrogen-bond donors (Lipinski definition) is 0. The Morgan fingerprint density at radius 2 is 1.93 bits per heavy atom. The van der Waals surface area contributed by atoms with Gasteiger partial charge in [0.1, 0.15) is 11.6 Å². The van der Waals surface area contributed by atoms with Gasteiger partial charge in [-0.25, -0.2) is 9.40 Å². The normalized spacial score (nSPS) is 19.5. The molecule has 150 valence electrons. The third-order valence-corrected chi connectivity index (χ3v) is 5.53. The van der Waals surface area contributed by atoms with Gasteiger partial charge in [-0.1, -0.05) is 35.9 Å². The molecule has 2 aliphatic rings. The standard InChI is InChI=1S/C22H15ClFN3O3/c23-15-6-9-21-18(11-15)20-12-19(13-4-7-16(24)8-5-13)25-26(20)22(30-21)14-2-1-3-17(10-14)27(28)29/h1-11,20,22H,12H2/t20-,22-/m0/s1. The zero-order valence-electron chi connectivity index (χ0n) is 15.5. The number of nitro groups is 1. The first kappa shape index (κ1) is 18.6. The number of halogens is 2. The van der Waals surface area contributed by atoms with Crippen LogP contribution in [0.2, 0.25) is 5.02 Å². The first-order valence-electron chi connectivity index (χ1n) is 9.32. The van der Waals surface area contributed by atoms with Crippen LogP contribution in [0, 0.1) is 15.9 Å². The SMILES string of the molecule is O=[N+]([O-])c1cccc([C@@H]2Oc3ccc(Cl)cc3[C@@H]3CC(c4ccc(F)cc4)=NN32)c1. The van der Waals surface area contributed by atoms with E-state index in [2.05, 4.69) is 0 Å². The number of benzene rings is 3. The van der Waals surface area contributed by atoms with Crippen molar-refractivity contribution in [1.82, 2.24) is 5.01 Å². The van der Waals surface area contributed by atoms with Crippen LogP contribution in [-0.2, 0) is 0 Å². The summed E-state index contributed by atoms with van der Waals surface area (Å²) in [6, 6.07) is 17.8. The number of nitrogens with zero attached hydrogens (tertiary/aromatic N) is 3. The molecule has 3 aromatic rings. The van der Waals surface area contributed by atoms with Gasteiger partial charge in [0.15, 0.2) is 0 Å². The van der Waals surface area contributed by atoms with Crippen LogP contribution in [0.4, 0.5) is 10.1 Å². The average molecular weight is 424 g/mol. The Balaban J connectivity index is 1.60. The zero-order chi connectivity index (χ0) is 20.8. The predicted octanol–water partition coefficient (Wildman–Crippen LogP) is 5.63. The van der Waals surface area contributed by atoms with Crippen LogP contribution >= 0.6 is 11.6 Å². The molecule has 8 heteroatoms. The molecule has 0 aliphatic carbocycles. The van der Waals surface area contributed by atoms with E-state index in [1.165, 1.54) is 24.3 Å². The molecule has 0 radical (unpaired) electrons. The van der Waals surface area contributed by atoms with Crippen LogP contribution < -0.4 is 4.74 Å². The largest absolute Gasteiger partial charge is 0.464 e. The highest BCUT2D eigenvalue weighted by molar-refractivity contribution is 6.30. The summed E-state index contributed by atoms with van der Waals surface area (Å²) in [5.74, 6) is 0.345. The van der Waals surface area contributed by atoms with Crippen molar-refractivity contribution in [3.05, 3.63) is 104 Å². The number of fused-ring (bicyclic) bond motifs is 3. The fraction of sp³-hybridized carbons (Fsp3) is 0.136. The van der Waals surface area contributed by atoms with Crippen molar-refractivity contribution in [2.75, 3.05) is 0 Å². The molecule has 6 nitrogen and oxygen atoms in total. The average Bonchev–Trinajstić information content (AvgIpc) is 3.19. The van der Waals surface area contributed by atoms with E-state index in [0.717, 1.165) is 16.8 Å². The maximum Gasteiger partial charge on any atom is 0.269 e. The smallest absolute Gasteiger partial charge is 0.269 e. The third-order valence-electron chi connectivity index (χ3n) is 5.30. The Bertz CT molecular complexity index is 1180. The number of non-ortho nitro benzene ring substituents is 1. The quantitative estimate of drug-likeness (QED) is 0.404. The molecule has 2 heterocycles. The first-order valence-corrected chi connectivity index (χ1v) is 9.69. The number of ether oxygens (including phenoxy) is 1. The lowest BCUT2D eigenvalue weighted by atomic mass is 9.96. The van der Waals surface area contributed by atoms with Crippen LogP contribution in [-0.4, -0.2) is 15.6 Å². The maximum absolute atomic E-state index is 13.4. The molecular weight excluding hydrogens is 409 g/mol. The summed E-state index contributed by atoms with van der Waals surface area (Å²) in [5, 5.41) is 18.4. The van der Waals surface area contributed by atoms with E-state index in [1.54, 1.807) is 41.4 Å². The third kappa shape index (κ3) is 3.17. The second-order valence-electron chi connectivity index (χ2n) is 7.16. The Kier molecular flexibility index (Phi) is 4.40. The number of hydrogen-bond acceptors (Lipinski definition) is 5. The van der Waals surface area contributed by atoms with E-state index in [0.29, 0.717) is 22.8 Å². The van der Waals surface area contributed by atoms with Crippen molar-refractivity contribution >= 4 is 23.0 Å². The monoisotopic (exact) mass is 423 g/mol. The molecule has 3 aromatic carbocycles. The van der Waals surface area contributed by atoms with Crippen LogP contribution in [0.15, 0.2) is 71.8 Å². The van der Waals surface area contributed by atoms with E-state index in [-0.39, 0.29) is 17.5 Å². The molecule has 0 saturated heterocycles. The minimum atomic E-state index is -0.637. The molecule has 0 aromatic heterocycles. The van der Waals surface area contributed by atoms with Crippen LogP contribution in [0.1, 0.15) is 35.4 Å². The number of nitro benzene ring substituents is 1. The van der Waals surface area contributed by atoms with Crippen molar-refractivity contribution in [1.29, 1.82) is 0 Å². The lowest BCUT2D eigenvalue weighted by Gasteiger charge is -2.38. The summed E-state index contributed by atoms with van der Waals surface area (Å²) in [7, 11) is 0. The number of rotatable bonds is 3. The molecule has 0 spiro atoms. The Morgan fingerprint density at radius 1 is 1.13 bits per heavy atom. The summed E-state index contributed by atoms with van der Waals surface area (Å²) >= 11 is 6.22. The van der Waals surface area contributed by atoms with Crippen molar-refractivity contribution < 1.29 is 14.1 Å². The lowest BCUT2D eigenvalue weighted by Crippen LogP contribution is -2.33. The highest BCUT2D eigenvalue weighted by Crippen LogP contribution is 2.48. The molecule has 2 atom stereocenters. The van der Waals surface area contributed by atoms with Gasteiger partial charge >= 0.3 is 0 Å². The van der Waals surface area contributed by atoms with Gasteiger partial charge in [-0.2, -0.15) is 5.10 Å². The Hall–Kier alpha value is -3.45. The summed E-state index contributed by atoms with van der Waals surface area (Å²) < 4.78 is 19.6. The molecule has 5 rings (SSSR count). The van der Waals surface area contributed by atoms with Crippen LogP contribution in [0.25, 0.3) is 0 Å². The highest BCUT2D eigenvalue weighted by atomic mass is 35.5. The molecule has 0 saturated carbocycles. The van der Waals surface area contributed by atoms with Crippen molar-refractivity contribution in [2.24, 2.45) is 5.10 Å². The fourth-order valence-corrected chi connectivity index (χ4v) is 4.07. The second kappa shape index (κ2) is 7.11. The van der Waals surface area contributed by atoms with E-state index < -0.39 is 11.2 Å². The summed E-state index contributed by atoms with van der Waals surface area (Å²) in [4.78, 5) is 10.8. The highest BCUT2D eigenvalue weighted by Gasteiger charge is 2.41. The summed E-state index contributed by atoms with van der Waals surface area (Å²) in [6.45, 7) is 0. The molecule has 0 bridgehead atoms. The molecule has 0 amide bonds. The van der Waals surface area contributed by atoms with E-state index in [9.17, 15) is 14.5 Å². The molecule has 30 heavy (non-hydrogen) atoms. The maximum atomic E-state index is 13.4. The predicted molar refractivity (Wildman–Crippen MR) is 110 cm³/mol. The van der Waals surface area contributed by atoms with Crippen LogP contribution in [0.5, 0.6) is 5.75 Å². The number of hydrazone groups is 1. The van der Waals surface area contributed by atoms with Gasteiger partial charge in [0.25, 0.3) is 5.69 Å². The lowest BCUT2D eigenvalue weighted by molar-refractivity contribution is -0.385. The van der Waals surface area contributed by atoms with E-state index in [4.69, 9.17) is 21.4 Å². The van der Waals surface area contributed by atoms with Gasteiger partial charge in [0.05, 0.1) is 16.7 Å². The fourth-order valence-electron chi connectivity index (χ4n) is 3.89. The zero-order valence-corrected chi connectivity index (χ0v) is 16.3. The first-order chi connectivity index (χ1) is 14.5. The molecular formula is C22H15ClFN3O3. The van der Waals surface area contributed by atoms with Gasteiger partial charge in [-0.15, -0.1) is 0 Å².